The zero-order valence-corrected chi connectivity index (χ0v) is 40.0. The van der Waals surface area contributed by atoms with Gasteiger partial charge >= 0.3 is 0 Å². The normalized spacial score (nSPS) is 52.4. The minimum absolute atomic E-state index is 0.0932. The van der Waals surface area contributed by atoms with Crippen LogP contribution in [0.4, 0.5) is 0 Å². The van der Waals surface area contributed by atoms with Gasteiger partial charge < -0.3 is 89.7 Å². The highest BCUT2D eigenvalue weighted by atomic mass is 16.7. The van der Waals surface area contributed by atoms with Gasteiger partial charge in [0.1, 0.15) is 67.1 Å². The van der Waals surface area contributed by atoms with Crippen LogP contribution in [-0.2, 0) is 28.4 Å². The van der Waals surface area contributed by atoms with E-state index < -0.39 is 139 Å². The minimum atomic E-state index is -1.68. The van der Waals surface area contributed by atoms with E-state index in [9.17, 15) is 61.3 Å². The van der Waals surface area contributed by atoms with Gasteiger partial charge in [-0.3, -0.25) is 0 Å². The Labute approximate surface area is 388 Å². The Kier molecular flexibility index (Phi) is 15.7. The number of hydrogen-bond donors (Lipinski definition) is 12. The molecule has 0 amide bonds. The standard InChI is InChI=1S/C48H82O18/c1-22(2)10-9-14-47(8,66-43-40(60)36(56)33(53)26(19-49)63-43)24-11-15-46(7)31(24)25(51)18-29-45(46,6)16-12-28-44(4,5)30(13-17-48(28,29)21-50)65-42-39(59)37(57)34(54)27(64-42)20-61-41-38(58)35(55)32(52)23(3)62-41/h10,23-43,49-60H,9,11-21H2,1-8H3/t23-,24-,25+,26+,27+,28-,29-,30-,31-,32-,33+,34+,35+,36-,37-,38+,39+,40+,41+,42-,43-,45+,46+,47-,48+/m0/s1. The molecule has 18 nitrogen and oxygen atoms in total. The van der Waals surface area contributed by atoms with Gasteiger partial charge in [-0.25, -0.2) is 0 Å². The summed E-state index contributed by atoms with van der Waals surface area (Å²) in [5, 5.41) is 131. The van der Waals surface area contributed by atoms with Gasteiger partial charge in [0.25, 0.3) is 0 Å². The van der Waals surface area contributed by atoms with Crippen molar-refractivity contribution in [3.8, 4) is 0 Å². The molecule has 0 bridgehead atoms. The SMILES string of the molecule is CC(C)=CCC[C@](C)(O[C@@H]1O[C@H](CO)[C@@H](O)[C@H](O)[C@H]1O)[C@H]1CC[C@]2(C)[C@@H]1[C@H](O)C[C@@H]1[C@@]3(CO)CC[C@H](O[C@@H]4O[C@H](CO[C@@H]5O[C@@H](C)[C@H](O)[C@@H](O)[C@H]5O)[C@@H](O)[C@H](O)[C@H]4O)C(C)(C)[C@@H]3CC[C@]12C. The molecule has 4 aliphatic carbocycles. The lowest BCUT2D eigenvalue weighted by Gasteiger charge is -2.71. The molecular weight excluding hydrogens is 865 g/mol. The topological polar surface area (TPSA) is 298 Å². The summed E-state index contributed by atoms with van der Waals surface area (Å²) in [5.74, 6) is -0.631. The number of allylic oxidation sites excluding steroid dienone is 2. The molecule has 7 fully saturated rings. The number of hydrogen-bond acceptors (Lipinski definition) is 18. The lowest BCUT2D eigenvalue weighted by Crippen LogP contribution is -2.69. The van der Waals surface area contributed by atoms with Crippen LogP contribution in [0.2, 0.25) is 0 Å². The Morgan fingerprint density at radius 2 is 1.26 bits per heavy atom. The second kappa shape index (κ2) is 19.6. The molecule has 0 unspecified atom stereocenters. The molecule has 66 heavy (non-hydrogen) atoms. The number of aliphatic hydroxyl groups excluding tert-OH is 12. The van der Waals surface area contributed by atoms with E-state index in [2.05, 4.69) is 33.8 Å². The Hall–Kier alpha value is -0.980. The van der Waals surface area contributed by atoms with E-state index in [1.165, 1.54) is 6.92 Å². The fourth-order valence-electron chi connectivity index (χ4n) is 14.7. The van der Waals surface area contributed by atoms with Gasteiger partial charge in [0.15, 0.2) is 18.9 Å². The molecule has 4 saturated carbocycles. The van der Waals surface area contributed by atoms with E-state index in [1.54, 1.807) is 0 Å². The fourth-order valence-corrected chi connectivity index (χ4v) is 14.7. The van der Waals surface area contributed by atoms with Crippen molar-refractivity contribution >= 4 is 0 Å². The predicted octanol–water partition coefficient (Wildman–Crippen LogP) is -0.0268. The third-order valence-electron chi connectivity index (χ3n) is 18.8. The van der Waals surface area contributed by atoms with Crippen molar-refractivity contribution in [1.29, 1.82) is 0 Å². The molecule has 0 aromatic heterocycles. The van der Waals surface area contributed by atoms with Crippen LogP contribution in [0.25, 0.3) is 0 Å². The van der Waals surface area contributed by atoms with Crippen molar-refractivity contribution in [2.24, 2.45) is 45.3 Å². The molecule has 3 saturated heterocycles. The zero-order chi connectivity index (χ0) is 48.6. The molecular formula is C48H82O18. The van der Waals surface area contributed by atoms with Crippen LogP contribution in [0, 0.1) is 45.3 Å². The second-order valence-electron chi connectivity index (χ2n) is 22.8. The summed E-state index contributed by atoms with van der Waals surface area (Å²) in [6.45, 7) is 15.2. The van der Waals surface area contributed by atoms with Crippen molar-refractivity contribution in [2.45, 2.75) is 223 Å². The van der Waals surface area contributed by atoms with Crippen molar-refractivity contribution in [2.75, 3.05) is 19.8 Å². The van der Waals surface area contributed by atoms with Crippen LogP contribution < -0.4 is 0 Å². The van der Waals surface area contributed by atoms with Crippen LogP contribution in [-0.4, -0.2) is 191 Å². The molecule has 3 heterocycles. The summed E-state index contributed by atoms with van der Waals surface area (Å²) in [4.78, 5) is 0. The average molecular weight is 947 g/mol. The van der Waals surface area contributed by atoms with Gasteiger partial charge in [0.2, 0.25) is 0 Å². The minimum Gasteiger partial charge on any atom is -0.396 e. The van der Waals surface area contributed by atoms with E-state index in [4.69, 9.17) is 28.4 Å². The Morgan fingerprint density at radius 1 is 0.667 bits per heavy atom. The maximum Gasteiger partial charge on any atom is 0.187 e. The summed E-state index contributed by atoms with van der Waals surface area (Å²) in [7, 11) is 0. The quantitative estimate of drug-likeness (QED) is 0.0853. The van der Waals surface area contributed by atoms with E-state index in [1.807, 2.05) is 20.8 Å². The zero-order valence-electron chi connectivity index (χ0n) is 40.0. The average Bonchev–Trinajstić information content (AvgIpc) is 3.66. The fraction of sp³-hybridized carbons (Fsp3) is 0.958. The monoisotopic (exact) mass is 947 g/mol. The van der Waals surface area contributed by atoms with Crippen molar-refractivity contribution in [3.63, 3.8) is 0 Å². The molecule has 0 aromatic rings. The highest BCUT2D eigenvalue weighted by molar-refractivity contribution is 5.21. The molecule has 25 atom stereocenters. The van der Waals surface area contributed by atoms with Crippen molar-refractivity contribution in [3.05, 3.63) is 11.6 Å². The van der Waals surface area contributed by atoms with Gasteiger partial charge in [-0.15, -0.1) is 0 Å². The lowest BCUT2D eigenvalue weighted by atomic mass is 9.34. The summed E-state index contributed by atoms with van der Waals surface area (Å²) >= 11 is 0. The molecule has 0 aromatic carbocycles. The van der Waals surface area contributed by atoms with Crippen LogP contribution in [0.15, 0.2) is 11.6 Å². The molecule has 7 aliphatic rings. The lowest BCUT2D eigenvalue weighted by molar-refractivity contribution is -0.347. The Balaban J connectivity index is 1.10. The van der Waals surface area contributed by atoms with Gasteiger partial charge in [-0.1, -0.05) is 39.3 Å². The molecule has 382 valence electrons. The first-order chi connectivity index (χ1) is 30.8. The van der Waals surface area contributed by atoms with Crippen LogP contribution in [0.1, 0.15) is 113 Å². The van der Waals surface area contributed by atoms with Gasteiger partial charge in [0.05, 0.1) is 37.1 Å². The van der Waals surface area contributed by atoms with Gasteiger partial charge in [0, 0.05) is 12.0 Å². The third kappa shape index (κ3) is 8.79. The van der Waals surface area contributed by atoms with Crippen LogP contribution >= 0.6 is 0 Å². The summed E-state index contributed by atoms with van der Waals surface area (Å²) in [6, 6.07) is 0. The number of aliphatic hydroxyl groups is 12. The van der Waals surface area contributed by atoms with Crippen molar-refractivity contribution in [1.82, 2.24) is 0 Å². The number of rotatable bonds is 13. The Bertz CT molecular complexity index is 1680. The third-order valence-corrected chi connectivity index (χ3v) is 18.8. The molecule has 0 radical (unpaired) electrons. The molecule has 0 spiro atoms. The van der Waals surface area contributed by atoms with Crippen LogP contribution in [0.5, 0.6) is 0 Å². The van der Waals surface area contributed by atoms with E-state index in [0.717, 1.165) is 24.8 Å². The first-order valence-corrected chi connectivity index (χ1v) is 24.4. The predicted molar refractivity (Wildman–Crippen MR) is 234 cm³/mol. The smallest absolute Gasteiger partial charge is 0.187 e. The maximum absolute atomic E-state index is 12.6. The summed E-state index contributed by atoms with van der Waals surface area (Å²) < 4.78 is 36.6. The van der Waals surface area contributed by atoms with Crippen molar-refractivity contribution < 1.29 is 89.7 Å². The summed E-state index contributed by atoms with van der Waals surface area (Å²) in [5.41, 5.74) is -1.82. The Morgan fingerprint density at radius 3 is 1.89 bits per heavy atom. The second-order valence-corrected chi connectivity index (χ2v) is 22.8. The van der Waals surface area contributed by atoms with E-state index in [-0.39, 0.29) is 35.7 Å². The van der Waals surface area contributed by atoms with Gasteiger partial charge in [-0.05, 0) is 125 Å². The molecule has 18 heteroatoms. The van der Waals surface area contributed by atoms with E-state index >= 15 is 0 Å². The van der Waals surface area contributed by atoms with Gasteiger partial charge in [-0.2, -0.15) is 0 Å². The van der Waals surface area contributed by atoms with Crippen LogP contribution in [0.3, 0.4) is 0 Å². The van der Waals surface area contributed by atoms with E-state index in [0.29, 0.717) is 38.5 Å². The largest absolute Gasteiger partial charge is 0.396 e. The maximum atomic E-state index is 12.6. The highest BCUT2D eigenvalue weighted by Gasteiger charge is 2.73. The highest BCUT2D eigenvalue weighted by Crippen LogP contribution is 2.76. The molecule has 7 rings (SSSR count). The summed E-state index contributed by atoms with van der Waals surface area (Å²) in [6.07, 6.45) is -15.0. The molecule has 3 aliphatic heterocycles. The number of ether oxygens (including phenoxy) is 6. The molecule has 12 N–H and O–H groups in total. The number of fused-ring (bicyclic) bond motifs is 5. The first-order valence-electron chi connectivity index (χ1n) is 24.4. The first kappa shape index (κ1) is 52.8.